The molecule has 6 nitrogen and oxygen atoms in total. The zero-order valence-electron chi connectivity index (χ0n) is 25.2. The lowest BCUT2D eigenvalue weighted by molar-refractivity contribution is 1.25. The third-order valence-electron chi connectivity index (χ3n) is 10.1. The summed E-state index contributed by atoms with van der Waals surface area (Å²) in [6.07, 6.45) is 9.85. The number of fused-ring (bicyclic) bond motifs is 15. The van der Waals surface area contributed by atoms with Crippen molar-refractivity contribution >= 4 is 66.4 Å². The predicted octanol–water partition coefficient (Wildman–Crippen LogP) is 8.80. The monoisotopic (exact) mass is 600 g/mol. The van der Waals surface area contributed by atoms with E-state index in [4.69, 9.17) is 29.9 Å². The predicted molar refractivity (Wildman–Crippen MR) is 189 cm³/mol. The van der Waals surface area contributed by atoms with Crippen LogP contribution < -0.4 is 0 Å². The van der Waals surface area contributed by atoms with Crippen molar-refractivity contribution in [3.8, 4) is 11.1 Å². The van der Waals surface area contributed by atoms with Crippen molar-refractivity contribution < 1.29 is 0 Å². The van der Waals surface area contributed by atoms with Crippen LogP contribution in [0.4, 0.5) is 11.4 Å². The van der Waals surface area contributed by atoms with E-state index in [1.807, 2.05) is 49.1 Å². The van der Waals surface area contributed by atoms with Gasteiger partial charge in [-0.15, -0.1) is 0 Å². The second-order valence-corrected chi connectivity index (χ2v) is 12.6. The van der Waals surface area contributed by atoms with Crippen LogP contribution in [0.5, 0.6) is 0 Å². The van der Waals surface area contributed by atoms with E-state index in [0.29, 0.717) is 0 Å². The van der Waals surface area contributed by atoms with Crippen molar-refractivity contribution in [3.05, 3.63) is 143 Å². The van der Waals surface area contributed by atoms with Gasteiger partial charge in [-0.05, 0) is 99.5 Å². The molecule has 0 unspecified atom stereocenters. The number of rotatable bonds is 2. The zero-order chi connectivity index (χ0) is 30.6. The van der Waals surface area contributed by atoms with Gasteiger partial charge in [0.25, 0.3) is 0 Å². The zero-order valence-corrected chi connectivity index (χ0v) is 25.2. The van der Waals surface area contributed by atoms with Crippen LogP contribution in [0.3, 0.4) is 0 Å². The van der Waals surface area contributed by atoms with E-state index in [2.05, 4.69) is 60.7 Å². The first-order valence-electron chi connectivity index (χ1n) is 16.0. The van der Waals surface area contributed by atoms with E-state index in [0.717, 1.165) is 85.7 Å². The van der Waals surface area contributed by atoms with Crippen molar-refractivity contribution in [2.75, 3.05) is 0 Å². The topological polar surface area (TPSA) is 76.3 Å². The first-order chi connectivity index (χ1) is 23.3. The van der Waals surface area contributed by atoms with Gasteiger partial charge >= 0.3 is 0 Å². The lowest BCUT2D eigenvalue weighted by atomic mass is 9.96. The van der Waals surface area contributed by atoms with E-state index < -0.39 is 0 Å². The molecule has 0 radical (unpaired) electrons. The Morgan fingerprint density at radius 2 is 0.830 bits per heavy atom. The molecule has 0 N–H and O–H groups in total. The summed E-state index contributed by atoms with van der Waals surface area (Å²) in [5, 5.41) is 4.42. The molecule has 11 rings (SSSR count). The highest BCUT2D eigenvalue weighted by molar-refractivity contribution is 6.19. The molecule has 0 fully saturated rings. The van der Waals surface area contributed by atoms with Crippen LogP contribution >= 0.6 is 0 Å². The van der Waals surface area contributed by atoms with Gasteiger partial charge in [0.15, 0.2) is 0 Å². The van der Waals surface area contributed by atoms with Crippen LogP contribution in [-0.4, -0.2) is 31.4 Å². The Bertz CT molecular complexity index is 2590. The molecular formula is C41H24N6. The smallest absolute Gasteiger partial charge is 0.0983 e. The van der Waals surface area contributed by atoms with Crippen molar-refractivity contribution in [1.82, 2.24) is 19.9 Å². The second kappa shape index (κ2) is 9.21. The molecule has 6 heteroatoms. The Morgan fingerprint density at radius 3 is 1.30 bits per heavy atom. The summed E-state index contributed by atoms with van der Waals surface area (Å²) in [6, 6.07) is 30.2. The molecule has 0 amide bonds. The van der Waals surface area contributed by atoms with Gasteiger partial charge in [0.2, 0.25) is 0 Å². The SMILES string of the molecule is c1cnc2c(c1)c1c(c3ncccc32)N=C(c2ccc3c(c2)Cc2cc(C4=Nc5c(c6cccnc6c6cccnc56)C4)ccc2-3)C1. The second-order valence-electron chi connectivity index (χ2n) is 12.6. The van der Waals surface area contributed by atoms with Gasteiger partial charge in [-0.3, -0.25) is 19.9 Å². The van der Waals surface area contributed by atoms with Gasteiger partial charge < -0.3 is 0 Å². The number of hydrogen-bond acceptors (Lipinski definition) is 6. The maximum Gasteiger partial charge on any atom is 0.0983 e. The summed E-state index contributed by atoms with van der Waals surface area (Å²) in [7, 11) is 0. The average Bonchev–Trinajstić information content (AvgIpc) is 3.87. The van der Waals surface area contributed by atoms with E-state index in [9.17, 15) is 0 Å². The Kier molecular flexibility index (Phi) is 4.92. The number of pyridine rings is 4. The van der Waals surface area contributed by atoms with Gasteiger partial charge in [0.1, 0.15) is 0 Å². The van der Waals surface area contributed by atoms with Gasteiger partial charge in [-0.2, -0.15) is 0 Å². The minimum atomic E-state index is 0.772. The number of benzene rings is 4. The van der Waals surface area contributed by atoms with Crippen LogP contribution in [0.1, 0.15) is 33.4 Å². The van der Waals surface area contributed by atoms with Gasteiger partial charge in [-0.1, -0.05) is 36.4 Å². The van der Waals surface area contributed by atoms with Crippen molar-refractivity contribution in [2.24, 2.45) is 9.98 Å². The highest BCUT2D eigenvalue weighted by atomic mass is 14.9. The molecule has 6 heterocycles. The molecule has 0 saturated carbocycles. The first-order valence-corrected chi connectivity index (χ1v) is 16.0. The fraction of sp³-hybridized carbons (Fsp3) is 0.0732. The van der Waals surface area contributed by atoms with Crippen LogP contribution in [0.2, 0.25) is 0 Å². The molecule has 1 aliphatic carbocycles. The average molecular weight is 601 g/mol. The van der Waals surface area contributed by atoms with E-state index in [1.54, 1.807) is 0 Å². The lowest BCUT2D eigenvalue weighted by Gasteiger charge is -2.08. The fourth-order valence-electron chi connectivity index (χ4n) is 8.02. The summed E-state index contributed by atoms with van der Waals surface area (Å²) in [5.41, 5.74) is 18.0. The molecule has 218 valence electrons. The fourth-order valence-corrected chi connectivity index (χ4v) is 8.02. The summed E-state index contributed by atoms with van der Waals surface area (Å²) in [6.45, 7) is 0. The molecule has 4 aromatic carbocycles. The van der Waals surface area contributed by atoms with E-state index in [1.165, 1.54) is 44.5 Å². The Labute approximate surface area is 269 Å². The van der Waals surface area contributed by atoms with E-state index in [-0.39, 0.29) is 0 Å². The van der Waals surface area contributed by atoms with E-state index >= 15 is 0 Å². The number of nitrogens with zero attached hydrogens (tertiary/aromatic N) is 6. The first kappa shape index (κ1) is 25.1. The maximum absolute atomic E-state index is 5.21. The molecular weight excluding hydrogens is 576 g/mol. The summed E-state index contributed by atoms with van der Waals surface area (Å²) < 4.78 is 0. The lowest BCUT2D eigenvalue weighted by Crippen LogP contribution is -2.02. The third-order valence-corrected chi connectivity index (χ3v) is 10.1. The van der Waals surface area contributed by atoms with Crippen LogP contribution in [0, 0.1) is 0 Å². The summed E-state index contributed by atoms with van der Waals surface area (Å²) >= 11 is 0. The molecule has 0 saturated heterocycles. The quantitative estimate of drug-likeness (QED) is 0.186. The molecule has 8 aromatic rings. The van der Waals surface area contributed by atoms with Crippen LogP contribution in [-0.2, 0) is 19.3 Å². The molecule has 0 spiro atoms. The molecule has 0 bridgehead atoms. The highest BCUT2D eigenvalue weighted by Gasteiger charge is 2.27. The molecule has 4 aromatic heterocycles. The summed E-state index contributed by atoms with van der Waals surface area (Å²) in [5.74, 6) is 0. The third kappa shape index (κ3) is 3.49. The number of hydrogen-bond donors (Lipinski definition) is 0. The highest BCUT2D eigenvalue weighted by Crippen LogP contribution is 2.44. The van der Waals surface area contributed by atoms with Crippen LogP contribution in [0.15, 0.2) is 120 Å². The number of aromatic nitrogens is 4. The van der Waals surface area contributed by atoms with Crippen molar-refractivity contribution in [2.45, 2.75) is 19.3 Å². The van der Waals surface area contributed by atoms with Crippen LogP contribution in [0.25, 0.3) is 54.7 Å². The number of aliphatic imine (C=N–C) groups is 2. The Balaban J connectivity index is 0.950. The van der Waals surface area contributed by atoms with Gasteiger partial charge in [0, 0.05) is 59.2 Å². The maximum atomic E-state index is 5.21. The normalized spacial score (nSPS) is 14.4. The minimum absolute atomic E-state index is 0.772. The molecule has 47 heavy (non-hydrogen) atoms. The van der Waals surface area contributed by atoms with Gasteiger partial charge in [0.05, 0.1) is 44.9 Å². The summed E-state index contributed by atoms with van der Waals surface area (Å²) in [4.78, 5) is 29.3. The van der Waals surface area contributed by atoms with Gasteiger partial charge in [-0.25, -0.2) is 9.98 Å². The largest absolute Gasteiger partial charge is 0.256 e. The molecule has 3 aliphatic rings. The Hall–Kier alpha value is -6.14. The van der Waals surface area contributed by atoms with Crippen molar-refractivity contribution in [3.63, 3.8) is 0 Å². The molecule has 2 aliphatic heterocycles. The standard InChI is InChI=1S/C41H24N6/c1-5-28-32-20-34(46-40(32)38-30(7-3-15-44-38)36(28)42-13-1)22-9-11-26-24(17-22)19-25-18-23(10-12-27(25)26)35-21-33-29-6-2-14-43-37(29)31-8-4-16-45-39(31)41(33)47-35/h1-18H,19-21H2. The minimum Gasteiger partial charge on any atom is -0.256 e. The van der Waals surface area contributed by atoms with Crippen molar-refractivity contribution in [1.29, 1.82) is 0 Å². The Morgan fingerprint density at radius 1 is 0.404 bits per heavy atom. The molecule has 0 atom stereocenters.